The molecule has 0 aromatic heterocycles. The van der Waals surface area contributed by atoms with Crippen molar-refractivity contribution in [2.24, 2.45) is 0 Å². The van der Waals surface area contributed by atoms with Gasteiger partial charge in [0.2, 0.25) is 5.91 Å². The summed E-state index contributed by atoms with van der Waals surface area (Å²) in [4.78, 5) is 13.8. The van der Waals surface area contributed by atoms with Crippen LogP contribution in [0.25, 0.3) is 0 Å². The first-order valence-electron chi connectivity index (χ1n) is 6.10. The van der Waals surface area contributed by atoms with E-state index in [1.807, 2.05) is 18.2 Å². The molecule has 0 bridgehead atoms. The predicted octanol–water partition coefficient (Wildman–Crippen LogP) is 4.26. The van der Waals surface area contributed by atoms with Gasteiger partial charge in [-0.1, -0.05) is 23.7 Å². The Morgan fingerprint density at radius 3 is 2.65 bits per heavy atom. The molecule has 2 aromatic carbocycles. The van der Waals surface area contributed by atoms with Crippen molar-refractivity contribution in [3.05, 3.63) is 64.9 Å². The quantitative estimate of drug-likeness (QED) is 0.826. The van der Waals surface area contributed by atoms with E-state index in [0.29, 0.717) is 16.5 Å². The van der Waals surface area contributed by atoms with E-state index in [1.54, 1.807) is 34.9 Å². The van der Waals surface area contributed by atoms with Gasteiger partial charge in [0.25, 0.3) is 0 Å². The summed E-state index contributed by atoms with van der Waals surface area (Å²) in [6.45, 7) is 0. The Kier molecular flexibility index (Phi) is 3.68. The molecule has 1 saturated heterocycles. The van der Waals surface area contributed by atoms with Crippen molar-refractivity contribution in [3.8, 4) is 0 Å². The number of carbonyl (C=O) groups is 1. The SMILES string of the molecule is O=C1CS[C@H](c2cccc(Cl)c2)N1c1ccc(F)cc1. The van der Waals surface area contributed by atoms with E-state index in [2.05, 4.69) is 0 Å². The molecule has 0 spiro atoms. The molecule has 1 amide bonds. The normalized spacial score (nSPS) is 18.6. The highest BCUT2D eigenvalue weighted by molar-refractivity contribution is 8.00. The summed E-state index contributed by atoms with van der Waals surface area (Å²) in [7, 11) is 0. The molecule has 0 radical (unpaired) electrons. The zero-order valence-corrected chi connectivity index (χ0v) is 12.0. The maximum Gasteiger partial charge on any atom is 0.238 e. The van der Waals surface area contributed by atoms with Crippen LogP contribution < -0.4 is 4.90 Å². The van der Waals surface area contributed by atoms with Crippen LogP contribution in [0.5, 0.6) is 0 Å². The first kappa shape index (κ1) is 13.5. The van der Waals surface area contributed by atoms with E-state index in [4.69, 9.17) is 11.6 Å². The summed E-state index contributed by atoms with van der Waals surface area (Å²) in [5, 5.41) is 0.521. The molecule has 1 heterocycles. The van der Waals surface area contributed by atoms with E-state index in [1.165, 1.54) is 12.1 Å². The Hall–Kier alpha value is -1.52. The van der Waals surface area contributed by atoms with Crippen LogP contribution in [0, 0.1) is 5.82 Å². The van der Waals surface area contributed by atoms with Crippen LogP contribution in [-0.4, -0.2) is 11.7 Å². The monoisotopic (exact) mass is 307 g/mol. The number of carbonyl (C=O) groups excluding carboxylic acids is 1. The third kappa shape index (κ3) is 2.53. The fraction of sp³-hybridized carbons (Fsp3) is 0.133. The highest BCUT2D eigenvalue weighted by atomic mass is 35.5. The molecule has 20 heavy (non-hydrogen) atoms. The van der Waals surface area contributed by atoms with Gasteiger partial charge >= 0.3 is 0 Å². The minimum absolute atomic E-state index is 0.0200. The second kappa shape index (κ2) is 5.46. The highest BCUT2D eigenvalue weighted by Gasteiger charge is 2.34. The van der Waals surface area contributed by atoms with Gasteiger partial charge in [-0.15, -0.1) is 11.8 Å². The minimum atomic E-state index is -0.313. The van der Waals surface area contributed by atoms with E-state index < -0.39 is 0 Å². The zero-order chi connectivity index (χ0) is 14.1. The summed E-state index contributed by atoms with van der Waals surface area (Å²) in [6.07, 6.45) is 0. The van der Waals surface area contributed by atoms with E-state index in [0.717, 1.165) is 5.56 Å². The number of hydrogen-bond donors (Lipinski definition) is 0. The molecule has 5 heteroatoms. The summed E-state index contributed by atoms with van der Waals surface area (Å²) in [5.74, 6) is 0.119. The summed E-state index contributed by atoms with van der Waals surface area (Å²) >= 11 is 7.56. The second-order valence-corrected chi connectivity index (χ2v) is 5.96. The van der Waals surface area contributed by atoms with Gasteiger partial charge in [0, 0.05) is 10.7 Å². The zero-order valence-electron chi connectivity index (χ0n) is 10.4. The number of benzene rings is 2. The number of nitrogens with zero attached hydrogens (tertiary/aromatic N) is 1. The Labute approximate surface area is 125 Å². The van der Waals surface area contributed by atoms with Crippen molar-refractivity contribution < 1.29 is 9.18 Å². The summed E-state index contributed by atoms with van der Waals surface area (Å²) in [5.41, 5.74) is 1.67. The largest absolute Gasteiger partial charge is 0.295 e. The van der Waals surface area contributed by atoms with Crippen LogP contribution in [0.1, 0.15) is 10.9 Å². The van der Waals surface area contributed by atoms with Crippen molar-refractivity contribution in [3.63, 3.8) is 0 Å². The van der Waals surface area contributed by atoms with Gasteiger partial charge in [-0.3, -0.25) is 9.69 Å². The number of hydrogen-bond acceptors (Lipinski definition) is 2. The first-order valence-corrected chi connectivity index (χ1v) is 7.52. The molecular formula is C15H11ClFNOS. The summed E-state index contributed by atoms with van der Waals surface area (Å²) < 4.78 is 13.0. The van der Waals surface area contributed by atoms with Crippen LogP contribution in [-0.2, 0) is 4.79 Å². The van der Waals surface area contributed by atoms with Crippen LogP contribution >= 0.6 is 23.4 Å². The molecule has 0 aliphatic carbocycles. The molecule has 1 aliphatic rings. The van der Waals surface area contributed by atoms with E-state index in [-0.39, 0.29) is 17.1 Å². The molecular weight excluding hydrogens is 297 g/mol. The smallest absolute Gasteiger partial charge is 0.238 e. The highest BCUT2D eigenvalue weighted by Crippen LogP contribution is 2.42. The minimum Gasteiger partial charge on any atom is -0.295 e. The van der Waals surface area contributed by atoms with Crippen LogP contribution in [0.15, 0.2) is 48.5 Å². The van der Waals surface area contributed by atoms with Crippen LogP contribution in [0.4, 0.5) is 10.1 Å². The molecule has 0 unspecified atom stereocenters. The number of halogens is 2. The molecule has 102 valence electrons. The third-order valence-electron chi connectivity index (χ3n) is 3.11. The lowest BCUT2D eigenvalue weighted by atomic mass is 10.2. The third-order valence-corrected chi connectivity index (χ3v) is 4.55. The lowest BCUT2D eigenvalue weighted by molar-refractivity contribution is -0.115. The number of amides is 1. The Bertz CT molecular complexity index is 647. The molecule has 0 saturated carbocycles. The molecule has 1 aliphatic heterocycles. The van der Waals surface area contributed by atoms with Crippen molar-refractivity contribution >= 4 is 35.0 Å². The van der Waals surface area contributed by atoms with Gasteiger partial charge in [-0.25, -0.2) is 4.39 Å². The van der Waals surface area contributed by atoms with Crippen LogP contribution in [0.3, 0.4) is 0 Å². The maximum atomic E-state index is 13.0. The standard InChI is InChI=1S/C15H11ClFNOS/c16-11-3-1-2-10(8-11)15-18(14(19)9-20-15)13-6-4-12(17)5-7-13/h1-8,15H,9H2/t15-/m1/s1. The average Bonchev–Trinajstić information content (AvgIpc) is 2.82. The molecule has 2 nitrogen and oxygen atoms in total. The van der Waals surface area contributed by atoms with Gasteiger partial charge in [0.1, 0.15) is 11.2 Å². The fourth-order valence-electron chi connectivity index (χ4n) is 2.21. The van der Waals surface area contributed by atoms with Crippen molar-refractivity contribution in [2.45, 2.75) is 5.37 Å². The molecule has 1 fully saturated rings. The van der Waals surface area contributed by atoms with Crippen molar-refractivity contribution in [1.82, 2.24) is 0 Å². The fourth-order valence-corrected chi connectivity index (χ4v) is 3.58. The number of rotatable bonds is 2. The number of thioether (sulfide) groups is 1. The Morgan fingerprint density at radius 1 is 1.20 bits per heavy atom. The van der Waals surface area contributed by atoms with Crippen molar-refractivity contribution in [2.75, 3.05) is 10.7 Å². The topological polar surface area (TPSA) is 20.3 Å². The molecule has 2 aromatic rings. The van der Waals surface area contributed by atoms with Gasteiger partial charge in [0.15, 0.2) is 0 Å². The average molecular weight is 308 g/mol. The molecule has 0 N–H and O–H groups in total. The van der Waals surface area contributed by atoms with E-state index in [9.17, 15) is 9.18 Å². The Morgan fingerprint density at radius 2 is 1.95 bits per heavy atom. The second-order valence-electron chi connectivity index (χ2n) is 4.46. The molecule has 1 atom stereocenters. The van der Waals surface area contributed by atoms with Gasteiger partial charge in [-0.2, -0.15) is 0 Å². The molecule has 3 rings (SSSR count). The summed E-state index contributed by atoms with van der Waals surface area (Å²) in [6, 6.07) is 13.4. The van der Waals surface area contributed by atoms with Gasteiger partial charge < -0.3 is 0 Å². The first-order chi connectivity index (χ1) is 9.65. The predicted molar refractivity (Wildman–Crippen MR) is 80.5 cm³/mol. The van der Waals surface area contributed by atoms with Gasteiger partial charge in [-0.05, 0) is 42.0 Å². The van der Waals surface area contributed by atoms with Crippen LogP contribution in [0.2, 0.25) is 5.02 Å². The maximum absolute atomic E-state index is 13.0. The van der Waals surface area contributed by atoms with Crippen molar-refractivity contribution in [1.29, 1.82) is 0 Å². The Balaban J connectivity index is 1.98. The number of anilines is 1. The van der Waals surface area contributed by atoms with Gasteiger partial charge in [0.05, 0.1) is 5.75 Å². The lowest BCUT2D eigenvalue weighted by Gasteiger charge is -2.24. The lowest BCUT2D eigenvalue weighted by Crippen LogP contribution is -2.27. The van der Waals surface area contributed by atoms with E-state index >= 15 is 0 Å².